The van der Waals surface area contributed by atoms with E-state index in [0.717, 1.165) is 5.69 Å². The van der Waals surface area contributed by atoms with Gasteiger partial charge in [0.1, 0.15) is 23.6 Å². The van der Waals surface area contributed by atoms with Crippen LogP contribution >= 0.6 is 0 Å². The zero-order valence-electron chi connectivity index (χ0n) is 13.0. The second-order valence-corrected chi connectivity index (χ2v) is 5.22. The Kier molecular flexibility index (Phi) is 5.30. The number of hydrogen-bond donors (Lipinski definition) is 2. The topological polar surface area (TPSA) is 76.1 Å². The number of para-hydroxylation sites is 2. The van der Waals surface area contributed by atoms with Gasteiger partial charge in [0, 0.05) is 12.6 Å². The Balaban J connectivity index is 2.13. The summed E-state index contributed by atoms with van der Waals surface area (Å²) in [5.74, 6) is 1.41. The first-order valence-electron chi connectivity index (χ1n) is 7.10. The number of nitrogens with zero attached hydrogens (tertiary/aromatic N) is 2. The SMILES string of the molecule is COc1ccccc1Nc1cc(C(=O)NCC(C)C)ncn1. The van der Waals surface area contributed by atoms with Gasteiger partial charge in [0.05, 0.1) is 12.8 Å². The quantitative estimate of drug-likeness (QED) is 0.857. The number of benzene rings is 1. The van der Waals surface area contributed by atoms with Crippen LogP contribution < -0.4 is 15.4 Å². The average molecular weight is 300 g/mol. The highest BCUT2D eigenvalue weighted by Crippen LogP contribution is 2.26. The minimum absolute atomic E-state index is 0.209. The Hall–Kier alpha value is -2.63. The van der Waals surface area contributed by atoms with Crippen LogP contribution in [0.25, 0.3) is 0 Å². The number of anilines is 2. The first-order valence-corrected chi connectivity index (χ1v) is 7.10. The van der Waals surface area contributed by atoms with Crippen LogP contribution in [-0.4, -0.2) is 29.5 Å². The van der Waals surface area contributed by atoms with E-state index in [2.05, 4.69) is 20.6 Å². The molecule has 0 aliphatic carbocycles. The van der Waals surface area contributed by atoms with Crippen molar-refractivity contribution in [1.82, 2.24) is 15.3 Å². The molecule has 1 aromatic carbocycles. The molecule has 0 aliphatic rings. The lowest BCUT2D eigenvalue weighted by Crippen LogP contribution is -2.28. The largest absolute Gasteiger partial charge is 0.495 e. The Labute approximate surface area is 129 Å². The normalized spacial score (nSPS) is 10.4. The molecule has 1 heterocycles. The molecule has 0 aliphatic heterocycles. The van der Waals surface area contributed by atoms with E-state index in [-0.39, 0.29) is 5.91 Å². The maximum absolute atomic E-state index is 12.0. The summed E-state index contributed by atoms with van der Waals surface area (Å²) in [7, 11) is 1.60. The number of amides is 1. The molecule has 2 aromatic rings. The van der Waals surface area contributed by atoms with Crippen LogP contribution in [0.5, 0.6) is 5.75 Å². The van der Waals surface area contributed by atoms with E-state index >= 15 is 0 Å². The molecule has 1 aromatic heterocycles. The lowest BCUT2D eigenvalue weighted by atomic mass is 10.2. The summed E-state index contributed by atoms with van der Waals surface area (Å²) in [6.07, 6.45) is 1.36. The molecule has 0 radical (unpaired) electrons. The Morgan fingerprint density at radius 1 is 1.27 bits per heavy atom. The van der Waals surface area contributed by atoms with E-state index in [1.807, 2.05) is 38.1 Å². The highest BCUT2D eigenvalue weighted by atomic mass is 16.5. The van der Waals surface area contributed by atoms with Crippen molar-refractivity contribution in [3.63, 3.8) is 0 Å². The van der Waals surface area contributed by atoms with Crippen LogP contribution in [0.15, 0.2) is 36.7 Å². The monoisotopic (exact) mass is 300 g/mol. The molecular formula is C16H20N4O2. The van der Waals surface area contributed by atoms with Gasteiger partial charge in [-0.3, -0.25) is 4.79 Å². The first-order chi connectivity index (χ1) is 10.6. The van der Waals surface area contributed by atoms with Crippen molar-refractivity contribution < 1.29 is 9.53 Å². The molecule has 0 saturated carbocycles. The van der Waals surface area contributed by atoms with Crippen LogP contribution in [0.2, 0.25) is 0 Å². The number of aromatic nitrogens is 2. The van der Waals surface area contributed by atoms with E-state index in [9.17, 15) is 4.79 Å². The van der Waals surface area contributed by atoms with Crippen LogP contribution in [0.1, 0.15) is 24.3 Å². The molecule has 2 rings (SSSR count). The fourth-order valence-corrected chi connectivity index (χ4v) is 1.82. The molecule has 0 bridgehead atoms. The smallest absolute Gasteiger partial charge is 0.270 e. The maximum atomic E-state index is 12.0. The molecule has 2 N–H and O–H groups in total. The molecule has 6 heteroatoms. The van der Waals surface area contributed by atoms with Crippen molar-refractivity contribution >= 4 is 17.4 Å². The van der Waals surface area contributed by atoms with Crippen molar-refractivity contribution in [2.24, 2.45) is 5.92 Å². The highest BCUT2D eigenvalue weighted by Gasteiger charge is 2.10. The number of carbonyl (C=O) groups excluding carboxylic acids is 1. The number of ether oxygens (including phenoxy) is 1. The van der Waals surface area contributed by atoms with Crippen molar-refractivity contribution in [2.45, 2.75) is 13.8 Å². The van der Waals surface area contributed by atoms with E-state index < -0.39 is 0 Å². The molecule has 22 heavy (non-hydrogen) atoms. The Morgan fingerprint density at radius 2 is 2.05 bits per heavy atom. The molecule has 116 valence electrons. The van der Waals surface area contributed by atoms with Gasteiger partial charge in [-0.1, -0.05) is 26.0 Å². The number of carbonyl (C=O) groups is 1. The summed E-state index contributed by atoms with van der Waals surface area (Å²) in [6, 6.07) is 9.11. The van der Waals surface area contributed by atoms with Gasteiger partial charge in [-0.05, 0) is 18.1 Å². The van der Waals surface area contributed by atoms with Crippen LogP contribution in [0.3, 0.4) is 0 Å². The second-order valence-electron chi connectivity index (χ2n) is 5.22. The summed E-state index contributed by atoms with van der Waals surface area (Å²) in [5, 5.41) is 5.96. The zero-order valence-corrected chi connectivity index (χ0v) is 13.0. The molecular weight excluding hydrogens is 280 g/mol. The Morgan fingerprint density at radius 3 is 2.77 bits per heavy atom. The lowest BCUT2D eigenvalue weighted by molar-refractivity contribution is 0.0944. The number of rotatable bonds is 6. The second kappa shape index (κ2) is 7.40. The van der Waals surface area contributed by atoms with Gasteiger partial charge in [0.2, 0.25) is 0 Å². The summed E-state index contributed by atoms with van der Waals surface area (Å²) >= 11 is 0. The summed E-state index contributed by atoms with van der Waals surface area (Å²) in [5.41, 5.74) is 1.10. The molecule has 6 nitrogen and oxygen atoms in total. The lowest BCUT2D eigenvalue weighted by Gasteiger charge is -2.11. The predicted octanol–water partition coefficient (Wildman–Crippen LogP) is 2.61. The van der Waals surface area contributed by atoms with E-state index in [1.54, 1.807) is 13.2 Å². The van der Waals surface area contributed by atoms with Gasteiger partial charge in [-0.2, -0.15) is 0 Å². The number of nitrogens with one attached hydrogen (secondary N) is 2. The van der Waals surface area contributed by atoms with Gasteiger partial charge in [0.15, 0.2) is 0 Å². The Bertz CT molecular complexity index is 644. The zero-order chi connectivity index (χ0) is 15.9. The van der Waals surface area contributed by atoms with Crippen LogP contribution in [0, 0.1) is 5.92 Å². The first kappa shape index (κ1) is 15.8. The fraction of sp³-hybridized carbons (Fsp3) is 0.312. The molecule has 0 atom stereocenters. The highest BCUT2D eigenvalue weighted by molar-refractivity contribution is 5.93. The third kappa shape index (κ3) is 4.18. The van der Waals surface area contributed by atoms with E-state index in [4.69, 9.17) is 4.74 Å². The summed E-state index contributed by atoms with van der Waals surface area (Å²) in [6.45, 7) is 4.68. The van der Waals surface area contributed by atoms with Gasteiger partial charge in [-0.25, -0.2) is 9.97 Å². The van der Waals surface area contributed by atoms with Crippen LogP contribution in [0.4, 0.5) is 11.5 Å². The van der Waals surface area contributed by atoms with Gasteiger partial charge < -0.3 is 15.4 Å². The molecule has 1 amide bonds. The van der Waals surface area contributed by atoms with Crippen molar-refractivity contribution in [2.75, 3.05) is 19.0 Å². The van der Waals surface area contributed by atoms with E-state index in [1.165, 1.54) is 6.33 Å². The third-order valence-corrected chi connectivity index (χ3v) is 2.94. The number of methoxy groups -OCH3 is 1. The third-order valence-electron chi connectivity index (χ3n) is 2.94. The van der Waals surface area contributed by atoms with Gasteiger partial charge >= 0.3 is 0 Å². The van der Waals surface area contributed by atoms with Crippen molar-refractivity contribution in [3.8, 4) is 5.75 Å². The van der Waals surface area contributed by atoms with Gasteiger partial charge in [-0.15, -0.1) is 0 Å². The molecule has 0 spiro atoms. The fourth-order valence-electron chi connectivity index (χ4n) is 1.82. The summed E-state index contributed by atoms with van der Waals surface area (Å²) < 4.78 is 5.27. The molecule has 0 saturated heterocycles. The minimum Gasteiger partial charge on any atom is -0.495 e. The summed E-state index contributed by atoms with van der Waals surface area (Å²) in [4.78, 5) is 20.2. The molecule has 0 fully saturated rings. The minimum atomic E-state index is -0.209. The van der Waals surface area contributed by atoms with Gasteiger partial charge in [0.25, 0.3) is 5.91 Å². The van der Waals surface area contributed by atoms with Crippen LogP contribution in [-0.2, 0) is 0 Å². The number of hydrogen-bond acceptors (Lipinski definition) is 5. The maximum Gasteiger partial charge on any atom is 0.270 e. The predicted molar refractivity (Wildman–Crippen MR) is 85.5 cm³/mol. The van der Waals surface area contributed by atoms with Crippen molar-refractivity contribution in [3.05, 3.63) is 42.4 Å². The van der Waals surface area contributed by atoms with Crippen molar-refractivity contribution in [1.29, 1.82) is 0 Å². The average Bonchev–Trinajstić information content (AvgIpc) is 2.53. The van der Waals surface area contributed by atoms with E-state index in [0.29, 0.717) is 29.7 Å². The molecule has 0 unspecified atom stereocenters. The standard InChI is InChI=1S/C16H20N4O2/c1-11(2)9-17-16(21)13-8-15(19-10-18-13)20-12-6-4-5-7-14(12)22-3/h4-8,10-11H,9H2,1-3H3,(H,17,21)(H,18,19,20).